The second-order valence-electron chi connectivity index (χ2n) is 2.51. The molecule has 1 rings (SSSR count). The molecule has 6 nitrogen and oxygen atoms in total. The maximum Gasteiger partial charge on any atom is 0.396 e. The lowest BCUT2D eigenvalue weighted by Gasteiger charge is -2.25. The van der Waals surface area contributed by atoms with Gasteiger partial charge in [0, 0.05) is 6.20 Å². The Bertz CT molecular complexity index is 352. The van der Waals surface area contributed by atoms with E-state index in [1.165, 1.54) is 18.3 Å². The molecule has 0 aliphatic rings. The van der Waals surface area contributed by atoms with Gasteiger partial charge in [-0.25, -0.2) is 9.78 Å². The minimum Gasteiger partial charge on any atom is -0.750 e. The summed E-state index contributed by atoms with van der Waals surface area (Å²) in [5, 5.41) is 11.2. The summed E-state index contributed by atoms with van der Waals surface area (Å²) in [5.41, 5.74) is 0. The first kappa shape index (κ1) is 11.1. The highest BCUT2D eigenvalue weighted by atomic mass is 16.6. The molecule has 80 valence electrons. The number of hydrogen-bond acceptors (Lipinski definition) is 5. The number of carbonyl (C=O) groups is 2. The van der Waals surface area contributed by atoms with Crippen LogP contribution in [0.4, 0.5) is 5.82 Å². The number of ether oxygens (including phenoxy) is 1. The Morgan fingerprint density at radius 1 is 1.53 bits per heavy atom. The molecule has 0 aliphatic heterocycles. The van der Waals surface area contributed by atoms with E-state index in [0.717, 1.165) is 0 Å². The van der Waals surface area contributed by atoms with Crippen LogP contribution in [0, 0.1) is 5.21 Å². The molecule has 0 saturated carbocycles. The molecule has 0 N–H and O–H groups in total. The Balaban J connectivity index is 2.73. The van der Waals surface area contributed by atoms with Gasteiger partial charge in [0.05, 0.1) is 6.61 Å². The summed E-state index contributed by atoms with van der Waals surface area (Å²) < 4.78 is 4.39. The van der Waals surface area contributed by atoms with Crippen LogP contribution < -0.4 is 5.06 Å². The van der Waals surface area contributed by atoms with Gasteiger partial charge < -0.3 is 15.0 Å². The third kappa shape index (κ3) is 2.75. The number of hydrogen-bond donors (Lipinski definition) is 0. The molecule has 0 radical (unpaired) electrons. The zero-order chi connectivity index (χ0) is 11.3. The predicted molar refractivity (Wildman–Crippen MR) is 51.7 cm³/mol. The topological polar surface area (TPSA) is 82.6 Å². The first-order chi connectivity index (χ1) is 7.16. The molecule has 6 heteroatoms. The molecule has 0 bridgehead atoms. The van der Waals surface area contributed by atoms with Crippen LogP contribution >= 0.6 is 0 Å². The van der Waals surface area contributed by atoms with E-state index in [1.807, 2.05) is 0 Å². The molecule has 0 saturated heterocycles. The fourth-order valence-corrected chi connectivity index (χ4v) is 0.854. The Morgan fingerprint density at radius 2 is 2.27 bits per heavy atom. The highest BCUT2D eigenvalue weighted by Gasteiger charge is 2.17. The van der Waals surface area contributed by atoms with Crippen LogP contribution in [0.5, 0.6) is 0 Å². The van der Waals surface area contributed by atoms with Gasteiger partial charge in [-0.1, -0.05) is 6.07 Å². The van der Waals surface area contributed by atoms with Crippen molar-refractivity contribution in [3.63, 3.8) is 0 Å². The normalized spacial score (nSPS) is 9.47. The lowest BCUT2D eigenvalue weighted by molar-refractivity contribution is -0.153. The Hall–Kier alpha value is -1.95. The van der Waals surface area contributed by atoms with Gasteiger partial charge in [-0.2, -0.15) is 0 Å². The SMILES string of the molecule is CCOC(=O)C(=O)N([O-])c1ccccn1. The molecule has 1 aromatic heterocycles. The van der Waals surface area contributed by atoms with Gasteiger partial charge in [-0.3, -0.25) is 4.79 Å². The van der Waals surface area contributed by atoms with Crippen molar-refractivity contribution < 1.29 is 14.3 Å². The van der Waals surface area contributed by atoms with Crippen molar-refractivity contribution in [2.45, 2.75) is 6.92 Å². The molecule has 1 heterocycles. The number of esters is 1. The molecule has 1 aromatic rings. The zero-order valence-electron chi connectivity index (χ0n) is 8.04. The molecule has 15 heavy (non-hydrogen) atoms. The number of hydroxylamine groups is 1. The van der Waals surface area contributed by atoms with Gasteiger partial charge in [0.15, 0.2) is 0 Å². The lowest BCUT2D eigenvalue weighted by Crippen LogP contribution is -2.33. The van der Waals surface area contributed by atoms with Crippen LogP contribution in [0.15, 0.2) is 24.4 Å². The van der Waals surface area contributed by atoms with Crippen LogP contribution in [0.1, 0.15) is 6.92 Å². The van der Waals surface area contributed by atoms with Crippen LogP contribution in [0.25, 0.3) is 0 Å². The Labute approximate surface area is 86.1 Å². The van der Waals surface area contributed by atoms with E-state index in [2.05, 4.69) is 9.72 Å². The summed E-state index contributed by atoms with van der Waals surface area (Å²) in [6.45, 7) is 1.59. The molecule has 0 atom stereocenters. The van der Waals surface area contributed by atoms with Crippen LogP contribution in [-0.2, 0) is 14.3 Å². The minimum absolute atomic E-state index is 0.0423. The number of carbonyl (C=O) groups excluding carboxylic acids is 2. The average Bonchev–Trinajstić information content (AvgIpc) is 2.28. The van der Waals surface area contributed by atoms with Gasteiger partial charge >= 0.3 is 11.9 Å². The fourth-order valence-electron chi connectivity index (χ4n) is 0.854. The van der Waals surface area contributed by atoms with Crippen molar-refractivity contribution in [3.05, 3.63) is 29.6 Å². The molecular formula is C9H9N2O4-. The third-order valence-corrected chi connectivity index (χ3v) is 1.49. The third-order valence-electron chi connectivity index (χ3n) is 1.49. The summed E-state index contributed by atoms with van der Waals surface area (Å²) in [6.07, 6.45) is 1.35. The van der Waals surface area contributed by atoms with Crippen molar-refractivity contribution in [2.75, 3.05) is 11.7 Å². The molecule has 1 amide bonds. The smallest absolute Gasteiger partial charge is 0.396 e. The number of amides is 1. The summed E-state index contributed by atoms with van der Waals surface area (Å²) in [4.78, 5) is 25.7. The fraction of sp³-hybridized carbons (Fsp3) is 0.222. The molecule has 0 spiro atoms. The van der Waals surface area contributed by atoms with Gasteiger partial charge in [-0.15, -0.1) is 0 Å². The highest BCUT2D eigenvalue weighted by molar-refractivity contribution is 6.38. The standard InChI is InChI=1S/C9H9N2O4/c1-2-15-9(13)8(12)11(14)7-5-3-4-6-10-7/h3-6H,2H2,1H3/q-1. The van der Waals surface area contributed by atoms with Crippen LogP contribution in [0.2, 0.25) is 0 Å². The van der Waals surface area contributed by atoms with Gasteiger partial charge in [0.2, 0.25) is 0 Å². The minimum atomic E-state index is -1.28. The van der Waals surface area contributed by atoms with E-state index in [9.17, 15) is 14.8 Å². The van der Waals surface area contributed by atoms with E-state index in [0.29, 0.717) is 0 Å². The molecule has 0 aliphatic carbocycles. The Kier molecular flexibility index (Phi) is 3.75. The molecule has 0 unspecified atom stereocenters. The number of nitrogens with zero attached hydrogens (tertiary/aromatic N) is 2. The Morgan fingerprint density at radius 3 is 2.80 bits per heavy atom. The van der Waals surface area contributed by atoms with E-state index < -0.39 is 11.9 Å². The maximum atomic E-state index is 11.3. The number of rotatable bonds is 2. The summed E-state index contributed by atoms with van der Waals surface area (Å²) in [5.74, 6) is -2.61. The number of pyridine rings is 1. The summed E-state index contributed by atoms with van der Waals surface area (Å²) >= 11 is 0. The van der Waals surface area contributed by atoms with Gasteiger partial charge in [-0.05, 0) is 19.1 Å². The number of anilines is 1. The summed E-state index contributed by atoms with van der Waals surface area (Å²) in [7, 11) is 0. The first-order valence-corrected chi connectivity index (χ1v) is 4.26. The molecule has 0 aromatic carbocycles. The highest BCUT2D eigenvalue weighted by Crippen LogP contribution is 2.07. The van der Waals surface area contributed by atoms with E-state index in [4.69, 9.17) is 0 Å². The van der Waals surface area contributed by atoms with Crippen molar-refractivity contribution in [1.29, 1.82) is 0 Å². The van der Waals surface area contributed by atoms with Crippen molar-refractivity contribution in [3.8, 4) is 0 Å². The second kappa shape index (κ2) is 5.06. The quantitative estimate of drug-likeness (QED) is 0.402. The van der Waals surface area contributed by atoms with E-state index in [-0.39, 0.29) is 17.5 Å². The lowest BCUT2D eigenvalue weighted by atomic mass is 10.4. The van der Waals surface area contributed by atoms with Crippen LogP contribution in [0.3, 0.4) is 0 Å². The van der Waals surface area contributed by atoms with Crippen molar-refractivity contribution in [1.82, 2.24) is 4.98 Å². The van der Waals surface area contributed by atoms with Gasteiger partial charge in [0.1, 0.15) is 5.82 Å². The zero-order valence-corrected chi connectivity index (χ0v) is 8.04. The molecule has 0 fully saturated rings. The summed E-state index contributed by atoms with van der Waals surface area (Å²) in [6, 6.07) is 4.45. The maximum absolute atomic E-state index is 11.3. The van der Waals surface area contributed by atoms with Crippen molar-refractivity contribution >= 4 is 17.7 Å². The van der Waals surface area contributed by atoms with Crippen LogP contribution in [-0.4, -0.2) is 23.5 Å². The van der Waals surface area contributed by atoms with Crippen molar-refractivity contribution in [2.24, 2.45) is 0 Å². The second-order valence-corrected chi connectivity index (χ2v) is 2.51. The van der Waals surface area contributed by atoms with Gasteiger partial charge in [0.25, 0.3) is 0 Å². The monoisotopic (exact) mass is 209 g/mol. The number of aromatic nitrogens is 1. The van der Waals surface area contributed by atoms with E-state index in [1.54, 1.807) is 13.0 Å². The average molecular weight is 209 g/mol. The van der Waals surface area contributed by atoms with E-state index >= 15 is 0 Å². The largest absolute Gasteiger partial charge is 0.750 e. The predicted octanol–water partition coefficient (Wildman–Crippen LogP) is 0.476. The molecular weight excluding hydrogens is 200 g/mol. The first-order valence-electron chi connectivity index (χ1n) is 4.26.